The van der Waals surface area contributed by atoms with Gasteiger partial charge >= 0.3 is 0 Å². The molecular weight excluding hydrogens is 314 g/mol. The van der Waals surface area contributed by atoms with Crippen molar-refractivity contribution in [2.45, 2.75) is 26.2 Å². The van der Waals surface area contributed by atoms with Crippen molar-refractivity contribution in [2.75, 3.05) is 31.5 Å². The first kappa shape index (κ1) is 15.3. The van der Waals surface area contributed by atoms with E-state index in [2.05, 4.69) is 39.1 Å². The average Bonchev–Trinajstić information content (AvgIpc) is 2.46. The first-order chi connectivity index (χ1) is 9.69. The summed E-state index contributed by atoms with van der Waals surface area (Å²) in [7, 11) is 0. The molecule has 108 valence electrons. The first-order valence-electron chi connectivity index (χ1n) is 7.35. The van der Waals surface area contributed by atoms with Crippen LogP contribution in [0.25, 0.3) is 0 Å². The number of piperidine rings is 1. The normalized spacial score (nSPS) is 17.4. The molecule has 2 rings (SSSR count). The summed E-state index contributed by atoms with van der Waals surface area (Å²) in [6.07, 6.45) is 4.06. The van der Waals surface area contributed by atoms with E-state index in [1.165, 1.54) is 32.4 Å². The minimum absolute atomic E-state index is 0.582. The molecule has 0 saturated carbocycles. The molecular formula is C16H22BrN3. The van der Waals surface area contributed by atoms with Gasteiger partial charge in [-0.25, -0.2) is 0 Å². The lowest BCUT2D eigenvalue weighted by Gasteiger charge is -2.29. The molecule has 1 aromatic carbocycles. The fourth-order valence-corrected chi connectivity index (χ4v) is 3.05. The summed E-state index contributed by atoms with van der Waals surface area (Å²) in [5.74, 6) is 0.582. The summed E-state index contributed by atoms with van der Waals surface area (Å²) in [6, 6.07) is 7.97. The Bertz CT molecular complexity index is 475. The van der Waals surface area contributed by atoms with Gasteiger partial charge in [0.15, 0.2) is 0 Å². The van der Waals surface area contributed by atoms with E-state index in [-0.39, 0.29) is 0 Å². The van der Waals surface area contributed by atoms with Crippen LogP contribution >= 0.6 is 15.9 Å². The van der Waals surface area contributed by atoms with Crippen LogP contribution in [0.3, 0.4) is 0 Å². The maximum Gasteiger partial charge on any atom is 0.101 e. The molecule has 4 heteroatoms. The van der Waals surface area contributed by atoms with E-state index in [1.54, 1.807) is 0 Å². The first-order valence-corrected chi connectivity index (χ1v) is 8.14. The van der Waals surface area contributed by atoms with E-state index in [4.69, 9.17) is 5.26 Å². The lowest BCUT2D eigenvalue weighted by atomic mass is 10.1. The van der Waals surface area contributed by atoms with Gasteiger partial charge in [0.05, 0.1) is 11.3 Å². The van der Waals surface area contributed by atoms with Crippen LogP contribution in [0.5, 0.6) is 0 Å². The molecule has 3 nitrogen and oxygen atoms in total. The van der Waals surface area contributed by atoms with Crippen molar-refractivity contribution in [2.24, 2.45) is 5.92 Å². The number of anilines is 1. The Morgan fingerprint density at radius 2 is 2.10 bits per heavy atom. The predicted octanol–water partition coefficient (Wildman–Crippen LogP) is 3.85. The van der Waals surface area contributed by atoms with E-state index in [0.29, 0.717) is 11.5 Å². The Morgan fingerprint density at radius 3 is 2.80 bits per heavy atom. The maximum absolute atomic E-state index is 9.12. The van der Waals surface area contributed by atoms with Crippen molar-refractivity contribution in [1.29, 1.82) is 5.26 Å². The molecule has 0 radical (unpaired) electrons. The van der Waals surface area contributed by atoms with Gasteiger partial charge in [0.1, 0.15) is 6.07 Å². The third-order valence-corrected chi connectivity index (χ3v) is 4.25. The van der Waals surface area contributed by atoms with Crippen LogP contribution in [-0.2, 0) is 0 Å². The highest BCUT2D eigenvalue weighted by Gasteiger charge is 2.13. The van der Waals surface area contributed by atoms with Crippen LogP contribution < -0.4 is 5.32 Å². The standard InChI is InChI=1S/C16H22BrN3/c1-13(12-20-7-3-2-4-8-20)11-19-16-9-15(17)6-5-14(16)10-18/h5-6,9,13,19H,2-4,7-8,11-12H2,1H3. The van der Waals surface area contributed by atoms with Gasteiger partial charge in [-0.05, 0) is 50.0 Å². The van der Waals surface area contributed by atoms with E-state index < -0.39 is 0 Å². The summed E-state index contributed by atoms with van der Waals surface area (Å²) in [4.78, 5) is 2.56. The van der Waals surface area contributed by atoms with Crippen LogP contribution in [0.1, 0.15) is 31.7 Å². The second kappa shape index (κ2) is 7.66. The van der Waals surface area contributed by atoms with Gasteiger partial charge in [-0.15, -0.1) is 0 Å². The van der Waals surface area contributed by atoms with E-state index >= 15 is 0 Å². The van der Waals surface area contributed by atoms with Gasteiger partial charge in [0.25, 0.3) is 0 Å². The zero-order chi connectivity index (χ0) is 14.4. The SMILES string of the molecule is CC(CNc1cc(Br)ccc1C#N)CN1CCCCC1. The summed E-state index contributed by atoms with van der Waals surface area (Å²) in [5.41, 5.74) is 1.63. The second-order valence-electron chi connectivity index (χ2n) is 5.65. The zero-order valence-corrected chi connectivity index (χ0v) is 13.6. The number of rotatable bonds is 5. The molecule has 0 amide bonds. The summed E-state index contributed by atoms with van der Waals surface area (Å²) in [5, 5.41) is 12.5. The number of nitriles is 1. The molecule has 0 spiro atoms. The molecule has 20 heavy (non-hydrogen) atoms. The highest BCUT2D eigenvalue weighted by Crippen LogP contribution is 2.21. The lowest BCUT2D eigenvalue weighted by Crippen LogP contribution is -2.35. The van der Waals surface area contributed by atoms with Crippen LogP contribution in [0.4, 0.5) is 5.69 Å². The van der Waals surface area contributed by atoms with Crippen molar-refractivity contribution in [3.8, 4) is 6.07 Å². The van der Waals surface area contributed by atoms with Crippen LogP contribution in [0, 0.1) is 17.2 Å². The molecule has 1 N–H and O–H groups in total. The number of benzene rings is 1. The Kier molecular flexibility index (Phi) is 5.87. The molecule has 1 aliphatic rings. The zero-order valence-electron chi connectivity index (χ0n) is 12.0. The summed E-state index contributed by atoms with van der Waals surface area (Å²) < 4.78 is 1.00. The molecule has 1 heterocycles. The van der Waals surface area contributed by atoms with Gasteiger partial charge in [0, 0.05) is 17.6 Å². The maximum atomic E-state index is 9.12. The largest absolute Gasteiger partial charge is 0.384 e. The smallest absolute Gasteiger partial charge is 0.101 e. The monoisotopic (exact) mass is 335 g/mol. The molecule has 1 unspecified atom stereocenters. The molecule has 1 fully saturated rings. The van der Waals surface area contributed by atoms with Gasteiger partial charge in [0.2, 0.25) is 0 Å². The van der Waals surface area contributed by atoms with Crippen molar-refractivity contribution in [3.05, 3.63) is 28.2 Å². The van der Waals surface area contributed by atoms with Gasteiger partial charge in [-0.2, -0.15) is 5.26 Å². The minimum Gasteiger partial charge on any atom is -0.384 e. The van der Waals surface area contributed by atoms with Crippen molar-refractivity contribution in [3.63, 3.8) is 0 Å². The lowest BCUT2D eigenvalue weighted by molar-refractivity contribution is 0.204. The number of likely N-dealkylation sites (tertiary alicyclic amines) is 1. The number of hydrogen-bond donors (Lipinski definition) is 1. The molecule has 1 atom stereocenters. The topological polar surface area (TPSA) is 39.1 Å². The van der Waals surface area contributed by atoms with Crippen molar-refractivity contribution >= 4 is 21.6 Å². The number of nitrogens with one attached hydrogen (secondary N) is 1. The highest BCUT2D eigenvalue weighted by atomic mass is 79.9. The Labute approximate surface area is 130 Å². The third-order valence-electron chi connectivity index (χ3n) is 3.76. The third kappa shape index (κ3) is 4.50. The number of hydrogen-bond acceptors (Lipinski definition) is 3. The minimum atomic E-state index is 0.582. The quantitative estimate of drug-likeness (QED) is 0.888. The van der Waals surface area contributed by atoms with E-state index in [0.717, 1.165) is 23.2 Å². The van der Waals surface area contributed by atoms with Crippen molar-refractivity contribution in [1.82, 2.24) is 4.90 Å². The predicted molar refractivity (Wildman–Crippen MR) is 86.8 cm³/mol. The van der Waals surface area contributed by atoms with Crippen LogP contribution in [0.15, 0.2) is 22.7 Å². The molecule has 0 aromatic heterocycles. The van der Waals surface area contributed by atoms with E-state index in [9.17, 15) is 0 Å². The molecule has 0 bridgehead atoms. The summed E-state index contributed by atoms with van der Waals surface area (Å²) in [6.45, 7) is 6.80. The van der Waals surface area contributed by atoms with Gasteiger partial charge < -0.3 is 10.2 Å². The molecule has 1 saturated heterocycles. The fourth-order valence-electron chi connectivity index (χ4n) is 2.69. The Hall–Kier alpha value is -1.05. The van der Waals surface area contributed by atoms with E-state index in [1.807, 2.05) is 18.2 Å². The molecule has 1 aromatic rings. The number of halogens is 1. The molecule has 1 aliphatic heterocycles. The summed E-state index contributed by atoms with van der Waals surface area (Å²) >= 11 is 3.45. The molecule has 0 aliphatic carbocycles. The second-order valence-corrected chi connectivity index (χ2v) is 6.56. The fraction of sp³-hybridized carbons (Fsp3) is 0.562. The number of nitrogens with zero attached hydrogens (tertiary/aromatic N) is 2. The Morgan fingerprint density at radius 1 is 1.35 bits per heavy atom. The van der Waals surface area contributed by atoms with Crippen LogP contribution in [-0.4, -0.2) is 31.1 Å². The van der Waals surface area contributed by atoms with Gasteiger partial charge in [-0.3, -0.25) is 0 Å². The Balaban J connectivity index is 1.85. The van der Waals surface area contributed by atoms with Gasteiger partial charge in [-0.1, -0.05) is 29.3 Å². The van der Waals surface area contributed by atoms with Crippen molar-refractivity contribution < 1.29 is 0 Å². The van der Waals surface area contributed by atoms with Crippen LogP contribution in [0.2, 0.25) is 0 Å². The highest BCUT2D eigenvalue weighted by molar-refractivity contribution is 9.10. The average molecular weight is 336 g/mol.